The van der Waals surface area contributed by atoms with Crippen LogP contribution in [0.15, 0.2) is 30.3 Å². The minimum atomic E-state index is -4.46. The lowest BCUT2D eigenvalue weighted by molar-refractivity contribution is -0.176. The van der Waals surface area contributed by atoms with Crippen LogP contribution in [0.4, 0.5) is 18.0 Å². The fourth-order valence-electron chi connectivity index (χ4n) is 2.28. The quantitative estimate of drug-likeness (QED) is 0.857. The normalized spacial score (nSPS) is 19.9. The zero-order valence-corrected chi connectivity index (χ0v) is 12.0. The average Bonchev–Trinajstić information content (AvgIpc) is 2.79. The fourth-order valence-corrected chi connectivity index (χ4v) is 2.28. The van der Waals surface area contributed by atoms with Crippen LogP contribution in [-0.2, 0) is 16.0 Å². The summed E-state index contributed by atoms with van der Waals surface area (Å²) in [6.07, 6.45) is -5.74. The highest BCUT2D eigenvalue weighted by atomic mass is 19.4. The molecule has 22 heavy (non-hydrogen) atoms. The van der Waals surface area contributed by atoms with Crippen molar-refractivity contribution in [3.63, 3.8) is 0 Å². The lowest BCUT2D eigenvalue weighted by Crippen LogP contribution is -2.41. The van der Waals surface area contributed by atoms with Gasteiger partial charge in [0.15, 0.2) is 0 Å². The number of hydrogen-bond acceptors (Lipinski definition) is 3. The molecule has 1 aromatic carbocycles. The molecule has 4 nitrogen and oxygen atoms in total. The Balaban J connectivity index is 2.06. The Morgan fingerprint density at radius 2 is 2.00 bits per heavy atom. The van der Waals surface area contributed by atoms with Gasteiger partial charge in [-0.15, -0.1) is 0 Å². The van der Waals surface area contributed by atoms with Gasteiger partial charge in [0.05, 0.1) is 12.0 Å². The van der Waals surface area contributed by atoms with Crippen molar-refractivity contribution in [1.29, 1.82) is 0 Å². The molecule has 7 heteroatoms. The highest BCUT2D eigenvalue weighted by Crippen LogP contribution is 2.30. The number of ether oxygens (including phenoxy) is 1. The van der Waals surface area contributed by atoms with Crippen LogP contribution in [0.25, 0.3) is 0 Å². The number of benzene rings is 1. The van der Waals surface area contributed by atoms with E-state index in [4.69, 9.17) is 4.74 Å². The minimum absolute atomic E-state index is 0.000133. The molecule has 0 saturated carbocycles. The van der Waals surface area contributed by atoms with Crippen molar-refractivity contribution in [2.24, 2.45) is 5.92 Å². The van der Waals surface area contributed by atoms with E-state index in [2.05, 4.69) is 0 Å². The minimum Gasteiger partial charge on any atom is -0.447 e. The van der Waals surface area contributed by atoms with Gasteiger partial charge in [0.1, 0.15) is 6.61 Å². The molecule has 1 fully saturated rings. The predicted molar refractivity (Wildman–Crippen MR) is 72.0 cm³/mol. The smallest absolute Gasteiger partial charge is 0.416 e. The summed E-state index contributed by atoms with van der Waals surface area (Å²) in [5.74, 6) is -2.65. The molecule has 2 amide bonds. The van der Waals surface area contributed by atoms with E-state index in [9.17, 15) is 22.8 Å². The van der Waals surface area contributed by atoms with Crippen LogP contribution in [0.3, 0.4) is 0 Å². The summed E-state index contributed by atoms with van der Waals surface area (Å²) < 4.78 is 42.5. The van der Waals surface area contributed by atoms with Gasteiger partial charge in [0, 0.05) is 6.42 Å². The van der Waals surface area contributed by atoms with Gasteiger partial charge in [-0.3, -0.25) is 4.79 Å². The molecule has 120 valence electrons. The third kappa shape index (κ3) is 3.78. The standard InChI is InChI=1S/C15H16F3NO3/c1-10(15(16,17)18)7-13(20)19-12(9-22-14(19)21)8-11-5-3-2-4-6-11/h2-6,10,12H,7-9H2,1H3. The van der Waals surface area contributed by atoms with Gasteiger partial charge >= 0.3 is 12.3 Å². The molecule has 0 aromatic heterocycles. The Morgan fingerprint density at radius 3 is 2.59 bits per heavy atom. The van der Waals surface area contributed by atoms with Gasteiger partial charge in [0.2, 0.25) is 5.91 Å². The zero-order valence-electron chi connectivity index (χ0n) is 12.0. The van der Waals surface area contributed by atoms with Crippen molar-refractivity contribution < 1.29 is 27.5 Å². The maximum atomic E-state index is 12.6. The van der Waals surface area contributed by atoms with Crippen molar-refractivity contribution in [2.45, 2.75) is 32.0 Å². The Hall–Kier alpha value is -2.05. The fraction of sp³-hybridized carbons (Fsp3) is 0.467. The summed E-state index contributed by atoms with van der Waals surface area (Å²) in [5.41, 5.74) is 0.882. The van der Waals surface area contributed by atoms with Gasteiger partial charge < -0.3 is 4.74 Å². The van der Waals surface area contributed by atoms with Crippen LogP contribution in [0.5, 0.6) is 0 Å². The number of alkyl halides is 3. The molecule has 0 radical (unpaired) electrons. The number of carbonyl (C=O) groups is 2. The number of amides is 2. The van der Waals surface area contributed by atoms with Gasteiger partial charge in [-0.2, -0.15) is 13.2 Å². The number of imide groups is 1. The molecule has 1 aromatic rings. The van der Waals surface area contributed by atoms with Crippen LogP contribution in [0.2, 0.25) is 0 Å². The van der Waals surface area contributed by atoms with Crippen LogP contribution < -0.4 is 0 Å². The van der Waals surface area contributed by atoms with E-state index >= 15 is 0 Å². The monoisotopic (exact) mass is 315 g/mol. The SMILES string of the molecule is CC(CC(=O)N1C(=O)OCC1Cc1ccccc1)C(F)(F)F. The largest absolute Gasteiger partial charge is 0.447 e. The lowest BCUT2D eigenvalue weighted by atomic mass is 10.0. The number of hydrogen-bond donors (Lipinski definition) is 0. The second-order valence-corrected chi connectivity index (χ2v) is 5.33. The molecule has 0 bridgehead atoms. The number of halogens is 3. The summed E-state index contributed by atoms with van der Waals surface area (Å²) >= 11 is 0. The van der Waals surface area contributed by atoms with Crippen molar-refractivity contribution in [1.82, 2.24) is 4.90 Å². The molecular weight excluding hydrogens is 299 g/mol. The first kappa shape index (κ1) is 16.3. The van der Waals surface area contributed by atoms with Crippen molar-refractivity contribution in [3.05, 3.63) is 35.9 Å². The topological polar surface area (TPSA) is 46.6 Å². The van der Waals surface area contributed by atoms with Crippen molar-refractivity contribution in [3.8, 4) is 0 Å². The average molecular weight is 315 g/mol. The van der Waals surface area contributed by atoms with E-state index in [0.29, 0.717) is 6.42 Å². The van der Waals surface area contributed by atoms with Gasteiger partial charge in [-0.25, -0.2) is 9.69 Å². The van der Waals surface area contributed by atoms with E-state index < -0.39 is 36.6 Å². The first-order valence-corrected chi connectivity index (χ1v) is 6.88. The van der Waals surface area contributed by atoms with E-state index in [1.54, 1.807) is 0 Å². The predicted octanol–water partition coefficient (Wildman–Crippen LogP) is 3.17. The third-order valence-electron chi connectivity index (χ3n) is 3.58. The molecule has 1 aliphatic heterocycles. The number of cyclic esters (lactones) is 1. The maximum Gasteiger partial charge on any atom is 0.416 e. The molecule has 1 aliphatic rings. The molecule has 2 atom stereocenters. The Morgan fingerprint density at radius 1 is 1.36 bits per heavy atom. The van der Waals surface area contributed by atoms with E-state index in [0.717, 1.165) is 17.4 Å². The first-order chi connectivity index (χ1) is 10.3. The summed E-state index contributed by atoms with van der Waals surface area (Å²) in [4.78, 5) is 24.5. The van der Waals surface area contributed by atoms with Crippen LogP contribution >= 0.6 is 0 Å². The third-order valence-corrected chi connectivity index (χ3v) is 3.58. The highest BCUT2D eigenvalue weighted by molar-refractivity contribution is 5.93. The molecule has 0 N–H and O–H groups in total. The van der Waals surface area contributed by atoms with Crippen LogP contribution in [-0.4, -0.2) is 35.7 Å². The molecule has 0 spiro atoms. The van der Waals surface area contributed by atoms with Crippen LogP contribution in [0, 0.1) is 5.92 Å². The second-order valence-electron chi connectivity index (χ2n) is 5.33. The lowest BCUT2D eigenvalue weighted by Gasteiger charge is -2.22. The Labute approximate surface area is 125 Å². The van der Waals surface area contributed by atoms with Crippen molar-refractivity contribution >= 4 is 12.0 Å². The molecule has 0 aliphatic carbocycles. The molecule has 1 saturated heterocycles. The van der Waals surface area contributed by atoms with Crippen LogP contribution in [0.1, 0.15) is 18.9 Å². The summed E-state index contributed by atoms with van der Waals surface area (Å²) in [7, 11) is 0. The molecular formula is C15H16F3NO3. The van der Waals surface area contributed by atoms with Gasteiger partial charge in [-0.05, 0) is 12.0 Å². The molecule has 2 rings (SSSR count). The zero-order chi connectivity index (χ0) is 16.3. The highest BCUT2D eigenvalue weighted by Gasteiger charge is 2.42. The second kappa shape index (κ2) is 6.37. The first-order valence-electron chi connectivity index (χ1n) is 6.88. The van der Waals surface area contributed by atoms with E-state index in [-0.39, 0.29) is 6.61 Å². The van der Waals surface area contributed by atoms with Crippen molar-refractivity contribution in [2.75, 3.05) is 6.61 Å². The van der Waals surface area contributed by atoms with Gasteiger partial charge in [0.25, 0.3) is 0 Å². The number of carbonyl (C=O) groups excluding carboxylic acids is 2. The summed E-state index contributed by atoms with van der Waals surface area (Å²) in [5, 5.41) is 0. The summed E-state index contributed by atoms with van der Waals surface area (Å²) in [6.45, 7) is 0.922. The Kier molecular flexibility index (Phi) is 4.73. The van der Waals surface area contributed by atoms with E-state index in [1.165, 1.54) is 0 Å². The molecule has 1 heterocycles. The molecule has 2 unspecified atom stereocenters. The van der Waals surface area contributed by atoms with Gasteiger partial charge in [-0.1, -0.05) is 37.3 Å². The number of rotatable bonds is 4. The number of nitrogens with zero attached hydrogens (tertiary/aromatic N) is 1. The van der Waals surface area contributed by atoms with E-state index in [1.807, 2.05) is 30.3 Å². The Bertz CT molecular complexity index is 545. The summed E-state index contributed by atoms with van der Waals surface area (Å²) in [6, 6.07) is 8.53. The maximum absolute atomic E-state index is 12.6.